The highest BCUT2D eigenvalue weighted by molar-refractivity contribution is 5.76. The monoisotopic (exact) mass is 246 g/mol. The van der Waals surface area contributed by atoms with E-state index in [1.807, 2.05) is 17.7 Å². The molecular weight excluding hydrogens is 228 g/mol. The van der Waals surface area contributed by atoms with Gasteiger partial charge >= 0.3 is 0 Å². The van der Waals surface area contributed by atoms with Gasteiger partial charge < -0.3 is 5.32 Å². The van der Waals surface area contributed by atoms with Crippen LogP contribution in [0.15, 0.2) is 12.1 Å². The van der Waals surface area contributed by atoms with Crippen molar-refractivity contribution in [1.29, 1.82) is 0 Å². The highest BCUT2D eigenvalue weighted by Crippen LogP contribution is 2.17. The number of carbonyl (C=O) groups excluding carboxylic acids is 1. The minimum atomic E-state index is -0.0288. The fraction of sp³-hybridized carbons (Fsp3) is 0.462. The lowest BCUT2D eigenvalue weighted by Crippen LogP contribution is -2.34. The molecule has 5 nitrogen and oxygen atoms in total. The molecule has 0 radical (unpaired) electrons. The van der Waals surface area contributed by atoms with E-state index in [4.69, 9.17) is 0 Å². The summed E-state index contributed by atoms with van der Waals surface area (Å²) in [5, 5.41) is 11.1. The summed E-state index contributed by atoms with van der Waals surface area (Å²) in [5.41, 5.74) is 4.34. The van der Waals surface area contributed by atoms with Crippen LogP contribution in [0, 0.1) is 13.8 Å². The van der Waals surface area contributed by atoms with Gasteiger partial charge in [-0.25, -0.2) is 4.68 Å². The van der Waals surface area contributed by atoms with Gasteiger partial charge in [0, 0.05) is 13.0 Å². The number of amides is 1. The number of nitrogens with one attached hydrogen (secondary N) is 1. The van der Waals surface area contributed by atoms with Gasteiger partial charge in [0.25, 0.3) is 0 Å². The van der Waals surface area contributed by atoms with Crippen LogP contribution < -0.4 is 5.32 Å². The van der Waals surface area contributed by atoms with Crippen molar-refractivity contribution in [1.82, 2.24) is 20.3 Å². The zero-order chi connectivity index (χ0) is 13.3. The molecule has 0 unspecified atom stereocenters. The van der Waals surface area contributed by atoms with Gasteiger partial charge in [-0.1, -0.05) is 5.21 Å². The molecule has 0 aliphatic heterocycles. The third-order valence-corrected chi connectivity index (χ3v) is 3.03. The zero-order valence-electron chi connectivity index (χ0n) is 11.2. The molecule has 1 N–H and O–H groups in total. The van der Waals surface area contributed by atoms with E-state index in [2.05, 4.69) is 35.5 Å². The first-order chi connectivity index (χ1) is 8.47. The average Bonchev–Trinajstić information content (AvgIpc) is 2.61. The summed E-state index contributed by atoms with van der Waals surface area (Å²) in [6, 6.07) is 4.16. The van der Waals surface area contributed by atoms with Gasteiger partial charge in [-0.15, -0.1) is 5.10 Å². The first kappa shape index (κ1) is 12.5. The van der Waals surface area contributed by atoms with E-state index in [0.717, 1.165) is 11.0 Å². The third-order valence-electron chi connectivity index (χ3n) is 3.03. The van der Waals surface area contributed by atoms with Crippen LogP contribution in [0.2, 0.25) is 0 Å². The van der Waals surface area contributed by atoms with Crippen LogP contribution >= 0.6 is 0 Å². The Bertz CT molecular complexity index is 588. The fourth-order valence-electron chi connectivity index (χ4n) is 2.01. The lowest BCUT2D eigenvalue weighted by atomic mass is 10.1. The normalized spacial score (nSPS) is 12.7. The van der Waals surface area contributed by atoms with E-state index in [1.165, 1.54) is 18.1 Å². The molecular formula is C13H18N4O. The molecule has 0 bridgehead atoms. The quantitative estimate of drug-likeness (QED) is 0.894. The van der Waals surface area contributed by atoms with Gasteiger partial charge in [0.2, 0.25) is 5.91 Å². The third kappa shape index (κ3) is 2.50. The summed E-state index contributed by atoms with van der Waals surface area (Å²) in [7, 11) is 0. The Balaban J connectivity index is 2.29. The lowest BCUT2D eigenvalue weighted by Gasteiger charge is -2.12. The Hall–Kier alpha value is -1.91. The van der Waals surface area contributed by atoms with E-state index in [9.17, 15) is 4.79 Å². The number of benzene rings is 1. The van der Waals surface area contributed by atoms with Gasteiger partial charge in [-0.3, -0.25) is 4.79 Å². The number of rotatable bonds is 3. The van der Waals surface area contributed by atoms with Gasteiger partial charge in [0.1, 0.15) is 5.52 Å². The van der Waals surface area contributed by atoms with Crippen molar-refractivity contribution in [2.24, 2.45) is 0 Å². The van der Waals surface area contributed by atoms with Crippen LogP contribution in [0.4, 0.5) is 0 Å². The highest BCUT2D eigenvalue weighted by atomic mass is 16.1. The predicted molar refractivity (Wildman–Crippen MR) is 70.3 cm³/mol. The molecule has 2 aromatic rings. The topological polar surface area (TPSA) is 59.8 Å². The Kier molecular flexibility index (Phi) is 3.32. The van der Waals surface area contributed by atoms with Crippen LogP contribution in [-0.2, 0) is 11.3 Å². The molecule has 96 valence electrons. The number of carbonyl (C=O) groups is 1. The van der Waals surface area contributed by atoms with Crippen LogP contribution in [0.25, 0.3) is 11.0 Å². The van der Waals surface area contributed by atoms with Crippen molar-refractivity contribution in [3.8, 4) is 0 Å². The van der Waals surface area contributed by atoms with E-state index in [1.54, 1.807) is 0 Å². The minimum absolute atomic E-state index is 0.0288. The molecule has 1 amide bonds. The molecule has 1 aromatic heterocycles. The van der Waals surface area contributed by atoms with Gasteiger partial charge in [0.05, 0.1) is 12.1 Å². The van der Waals surface area contributed by atoms with Crippen molar-refractivity contribution >= 4 is 16.9 Å². The Morgan fingerprint density at radius 1 is 1.39 bits per heavy atom. The first-order valence-electron chi connectivity index (χ1n) is 6.05. The maximum absolute atomic E-state index is 11.0. The SMILES string of the molecule is CC(=O)N[C@H](C)Cn1nnc2cc(C)c(C)cc21. The second-order valence-corrected chi connectivity index (χ2v) is 4.80. The van der Waals surface area contributed by atoms with Crippen molar-refractivity contribution < 1.29 is 4.79 Å². The van der Waals surface area contributed by atoms with Crippen molar-refractivity contribution in [3.63, 3.8) is 0 Å². The van der Waals surface area contributed by atoms with E-state index < -0.39 is 0 Å². The number of aryl methyl sites for hydroxylation is 2. The molecule has 5 heteroatoms. The molecule has 0 aliphatic rings. The number of nitrogens with zero attached hydrogens (tertiary/aromatic N) is 3. The summed E-state index contributed by atoms with van der Waals surface area (Å²) < 4.78 is 1.84. The van der Waals surface area contributed by atoms with Crippen LogP contribution in [0.3, 0.4) is 0 Å². The van der Waals surface area contributed by atoms with E-state index in [0.29, 0.717) is 6.54 Å². The van der Waals surface area contributed by atoms with Gasteiger partial charge in [0.15, 0.2) is 0 Å². The van der Waals surface area contributed by atoms with Crippen molar-refractivity contribution in [2.75, 3.05) is 0 Å². The van der Waals surface area contributed by atoms with Gasteiger partial charge in [-0.2, -0.15) is 0 Å². The predicted octanol–water partition coefficient (Wildman–Crippen LogP) is 1.57. The van der Waals surface area contributed by atoms with Crippen molar-refractivity contribution in [2.45, 2.75) is 40.3 Å². The number of aromatic nitrogens is 3. The van der Waals surface area contributed by atoms with Gasteiger partial charge in [-0.05, 0) is 44.0 Å². The summed E-state index contributed by atoms with van der Waals surface area (Å²) >= 11 is 0. The zero-order valence-corrected chi connectivity index (χ0v) is 11.2. The second-order valence-electron chi connectivity index (χ2n) is 4.80. The molecule has 0 saturated carbocycles. The Labute approximate surface area is 106 Å². The fourth-order valence-corrected chi connectivity index (χ4v) is 2.01. The first-order valence-corrected chi connectivity index (χ1v) is 6.05. The molecule has 2 rings (SSSR count). The smallest absolute Gasteiger partial charge is 0.217 e. The minimum Gasteiger partial charge on any atom is -0.352 e. The number of fused-ring (bicyclic) bond motifs is 1. The Morgan fingerprint density at radius 3 is 2.72 bits per heavy atom. The maximum Gasteiger partial charge on any atom is 0.217 e. The standard InChI is InChI=1S/C13H18N4O/c1-8-5-12-13(6-9(8)2)17(16-15-12)7-10(3)14-11(4)18/h5-6,10H,7H2,1-4H3,(H,14,18)/t10-/m1/s1. The van der Waals surface area contributed by atoms with Crippen molar-refractivity contribution in [3.05, 3.63) is 23.3 Å². The molecule has 18 heavy (non-hydrogen) atoms. The van der Waals surface area contributed by atoms with Crippen LogP contribution in [0.5, 0.6) is 0 Å². The molecule has 1 aromatic carbocycles. The summed E-state index contributed by atoms with van der Waals surface area (Å²) in [6.45, 7) is 8.23. The number of hydrogen-bond acceptors (Lipinski definition) is 3. The van der Waals surface area contributed by atoms with E-state index in [-0.39, 0.29) is 11.9 Å². The second kappa shape index (κ2) is 4.76. The lowest BCUT2D eigenvalue weighted by molar-refractivity contribution is -0.119. The largest absolute Gasteiger partial charge is 0.352 e. The molecule has 0 aliphatic carbocycles. The highest BCUT2D eigenvalue weighted by Gasteiger charge is 2.10. The van der Waals surface area contributed by atoms with Crippen LogP contribution in [-0.4, -0.2) is 26.9 Å². The molecule has 1 heterocycles. The van der Waals surface area contributed by atoms with Crippen LogP contribution in [0.1, 0.15) is 25.0 Å². The average molecular weight is 246 g/mol. The molecule has 0 saturated heterocycles. The summed E-state index contributed by atoms with van der Waals surface area (Å²) in [6.07, 6.45) is 0. The summed E-state index contributed by atoms with van der Waals surface area (Å²) in [4.78, 5) is 11.0. The molecule has 0 fully saturated rings. The Morgan fingerprint density at radius 2 is 2.06 bits per heavy atom. The molecule has 0 spiro atoms. The molecule has 1 atom stereocenters. The van der Waals surface area contributed by atoms with E-state index >= 15 is 0 Å². The number of hydrogen-bond donors (Lipinski definition) is 1. The summed E-state index contributed by atoms with van der Waals surface area (Å²) in [5.74, 6) is -0.0288. The maximum atomic E-state index is 11.0.